The van der Waals surface area contributed by atoms with E-state index in [0.717, 1.165) is 49.4 Å². The van der Waals surface area contributed by atoms with E-state index < -0.39 is 16.0 Å². The number of sulfonamides is 1. The molecular weight excluding hydrogens is 436 g/mol. The molecule has 0 radical (unpaired) electrons. The van der Waals surface area contributed by atoms with Crippen LogP contribution < -0.4 is 4.72 Å². The molecule has 0 unspecified atom stereocenters. The van der Waals surface area contributed by atoms with Crippen LogP contribution >= 0.6 is 11.6 Å². The molecule has 8 heteroatoms. The summed E-state index contributed by atoms with van der Waals surface area (Å²) in [5.74, 6) is -0.956. The zero-order chi connectivity index (χ0) is 22.0. The summed E-state index contributed by atoms with van der Waals surface area (Å²) in [6, 6.07) is 12.1. The third-order valence-electron chi connectivity index (χ3n) is 5.83. The average molecular weight is 461 g/mol. The second-order valence-electron chi connectivity index (χ2n) is 8.05. The maximum atomic E-state index is 13.2. The van der Waals surface area contributed by atoms with Crippen LogP contribution in [0.15, 0.2) is 47.4 Å². The Bertz CT molecular complexity index is 1210. The van der Waals surface area contributed by atoms with Crippen molar-refractivity contribution in [3.05, 3.63) is 53.1 Å². The first kappa shape index (κ1) is 21.9. The van der Waals surface area contributed by atoms with Crippen molar-refractivity contribution in [2.24, 2.45) is 0 Å². The Morgan fingerprint density at radius 1 is 1.10 bits per heavy atom. The minimum absolute atomic E-state index is 0.0100. The van der Waals surface area contributed by atoms with Gasteiger partial charge >= 0.3 is 5.97 Å². The zero-order valence-electron chi connectivity index (χ0n) is 17.0. The van der Waals surface area contributed by atoms with Crippen LogP contribution in [0.1, 0.15) is 44.1 Å². The monoisotopic (exact) mass is 460 g/mol. The van der Waals surface area contributed by atoms with E-state index in [-0.39, 0.29) is 22.4 Å². The molecule has 0 saturated heterocycles. The van der Waals surface area contributed by atoms with Gasteiger partial charge in [-0.3, -0.25) is 4.79 Å². The van der Waals surface area contributed by atoms with E-state index in [4.69, 9.17) is 11.6 Å². The smallest absolute Gasteiger partial charge is 0.307 e. The maximum Gasteiger partial charge on any atom is 0.307 e. The summed E-state index contributed by atoms with van der Waals surface area (Å²) < 4.78 is 29.1. The molecule has 164 valence electrons. The second kappa shape index (κ2) is 9.02. The Morgan fingerprint density at radius 2 is 1.81 bits per heavy atom. The molecule has 1 aliphatic carbocycles. The zero-order valence-corrected chi connectivity index (χ0v) is 18.6. The Balaban J connectivity index is 1.75. The minimum atomic E-state index is -3.82. The largest absolute Gasteiger partial charge is 0.481 e. The summed E-state index contributed by atoms with van der Waals surface area (Å²) in [6.07, 6.45) is 5.73. The first-order valence-corrected chi connectivity index (χ1v) is 12.3. The van der Waals surface area contributed by atoms with Gasteiger partial charge < -0.3 is 10.1 Å². The van der Waals surface area contributed by atoms with Gasteiger partial charge in [0.15, 0.2) is 0 Å². The fourth-order valence-electron chi connectivity index (χ4n) is 4.33. The van der Waals surface area contributed by atoms with E-state index in [1.54, 1.807) is 12.1 Å². The standard InChI is InChI=1S/C23H25ClN2O4S/c24-19-12-11-15(13-21(19)31(29,30)26-16-7-3-1-2-4-8-16)23-18(14-22(27)28)17-9-5-6-10-20(17)25-23/h5-6,9-13,16,25-26H,1-4,7-8,14H2,(H,27,28). The Hall–Kier alpha value is -2.35. The molecule has 1 aromatic heterocycles. The fraction of sp³-hybridized carbons (Fsp3) is 0.348. The highest BCUT2D eigenvalue weighted by atomic mass is 35.5. The second-order valence-corrected chi connectivity index (χ2v) is 10.1. The summed E-state index contributed by atoms with van der Waals surface area (Å²) in [4.78, 5) is 14.7. The number of carboxylic acid groups (broad SMARTS) is 1. The molecule has 1 aliphatic rings. The van der Waals surface area contributed by atoms with Crippen molar-refractivity contribution in [2.75, 3.05) is 0 Å². The molecule has 6 nitrogen and oxygen atoms in total. The molecule has 31 heavy (non-hydrogen) atoms. The normalized spacial score (nSPS) is 15.8. The summed E-state index contributed by atoms with van der Waals surface area (Å²) in [5, 5.41) is 10.3. The number of hydrogen-bond donors (Lipinski definition) is 3. The number of fused-ring (bicyclic) bond motifs is 1. The lowest BCUT2D eigenvalue weighted by atomic mass is 10.0. The first-order chi connectivity index (χ1) is 14.8. The van der Waals surface area contributed by atoms with E-state index in [1.807, 2.05) is 24.3 Å². The van der Waals surface area contributed by atoms with Crippen molar-refractivity contribution in [2.45, 2.75) is 55.9 Å². The molecule has 0 atom stereocenters. The number of rotatable bonds is 6. The topological polar surface area (TPSA) is 99.3 Å². The molecule has 0 spiro atoms. The van der Waals surface area contributed by atoms with Crippen LogP contribution in [0.4, 0.5) is 0 Å². The van der Waals surface area contributed by atoms with Crippen molar-refractivity contribution < 1.29 is 18.3 Å². The summed E-state index contributed by atoms with van der Waals surface area (Å²) >= 11 is 6.30. The minimum Gasteiger partial charge on any atom is -0.481 e. The third-order valence-corrected chi connectivity index (χ3v) is 7.83. The number of H-pyrrole nitrogens is 1. The van der Waals surface area contributed by atoms with Gasteiger partial charge in [-0.25, -0.2) is 13.1 Å². The van der Waals surface area contributed by atoms with Crippen LogP contribution in [-0.2, 0) is 21.2 Å². The number of aliphatic carboxylic acids is 1. The summed E-state index contributed by atoms with van der Waals surface area (Å²) in [5.41, 5.74) is 2.58. The van der Waals surface area contributed by atoms with Gasteiger partial charge in [0, 0.05) is 16.9 Å². The summed E-state index contributed by atoms with van der Waals surface area (Å²) in [7, 11) is -3.82. The van der Waals surface area contributed by atoms with Crippen LogP contribution in [0, 0.1) is 0 Å². The van der Waals surface area contributed by atoms with E-state index in [9.17, 15) is 18.3 Å². The number of aromatic amines is 1. The number of carboxylic acids is 1. The predicted molar refractivity (Wildman–Crippen MR) is 122 cm³/mol. The van der Waals surface area contributed by atoms with Crippen LogP contribution in [0.3, 0.4) is 0 Å². The molecule has 1 fully saturated rings. The molecular formula is C23H25ClN2O4S. The van der Waals surface area contributed by atoms with Gasteiger partial charge in [-0.15, -0.1) is 0 Å². The number of nitrogens with one attached hydrogen (secondary N) is 2. The third kappa shape index (κ3) is 4.79. The molecule has 2 aromatic carbocycles. The Morgan fingerprint density at radius 3 is 2.52 bits per heavy atom. The number of carbonyl (C=O) groups is 1. The van der Waals surface area contributed by atoms with Crippen LogP contribution in [0.2, 0.25) is 5.02 Å². The van der Waals surface area contributed by atoms with E-state index in [0.29, 0.717) is 16.8 Å². The molecule has 1 saturated carbocycles. The molecule has 3 aromatic rings. The average Bonchev–Trinajstić information content (AvgIpc) is 2.89. The van der Waals surface area contributed by atoms with Gasteiger partial charge in [-0.2, -0.15) is 0 Å². The predicted octanol–water partition coefficient (Wildman–Crippen LogP) is 5.12. The van der Waals surface area contributed by atoms with Gasteiger partial charge in [0.2, 0.25) is 10.0 Å². The van der Waals surface area contributed by atoms with Gasteiger partial charge in [0.1, 0.15) is 4.90 Å². The highest BCUT2D eigenvalue weighted by Gasteiger charge is 2.25. The number of aromatic nitrogens is 1. The van der Waals surface area contributed by atoms with Crippen molar-refractivity contribution in [3.63, 3.8) is 0 Å². The SMILES string of the molecule is O=C(O)Cc1c(-c2ccc(Cl)c(S(=O)(=O)NC3CCCCCC3)c2)[nH]c2ccccc12. The van der Waals surface area contributed by atoms with Crippen molar-refractivity contribution in [1.82, 2.24) is 9.71 Å². The van der Waals surface area contributed by atoms with Gasteiger partial charge in [-0.1, -0.05) is 61.5 Å². The van der Waals surface area contributed by atoms with Crippen molar-refractivity contribution in [3.8, 4) is 11.3 Å². The quantitative estimate of drug-likeness (QED) is 0.444. The molecule has 0 bridgehead atoms. The fourth-order valence-corrected chi connectivity index (χ4v) is 6.16. The van der Waals surface area contributed by atoms with Crippen LogP contribution in [0.5, 0.6) is 0 Å². The number of para-hydroxylation sites is 1. The molecule has 3 N–H and O–H groups in total. The molecule has 0 amide bonds. The highest BCUT2D eigenvalue weighted by Crippen LogP contribution is 2.34. The lowest BCUT2D eigenvalue weighted by Gasteiger charge is -2.17. The van der Waals surface area contributed by atoms with Crippen molar-refractivity contribution in [1.29, 1.82) is 0 Å². The highest BCUT2D eigenvalue weighted by molar-refractivity contribution is 7.89. The first-order valence-electron chi connectivity index (χ1n) is 10.5. The number of benzene rings is 2. The van der Waals surface area contributed by atoms with E-state index >= 15 is 0 Å². The summed E-state index contributed by atoms with van der Waals surface area (Å²) in [6.45, 7) is 0. The van der Waals surface area contributed by atoms with Crippen LogP contribution in [0.25, 0.3) is 22.2 Å². The number of halogens is 1. The molecule has 4 rings (SSSR count). The lowest BCUT2D eigenvalue weighted by molar-refractivity contribution is -0.136. The van der Waals surface area contributed by atoms with Crippen molar-refractivity contribution >= 4 is 38.5 Å². The van der Waals surface area contributed by atoms with Gasteiger partial charge in [-0.05, 0) is 42.2 Å². The van der Waals surface area contributed by atoms with Gasteiger partial charge in [0.05, 0.1) is 17.1 Å². The van der Waals surface area contributed by atoms with Crippen LogP contribution in [-0.4, -0.2) is 30.5 Å². The maximum absolute atomic E-state index is 13.2. The van der Waals surface area contributed by atoms with E-state index in [1.165, 1.54) is 6.07 Å². The Kier molecular flexibility index (Phi) is 6.36. The Labute approximate surface area is 186 Å². The van der Waals surface area contributed by atoms with Gasteiger partial charge in [0.25, 0.3) is 0 Å². The van der Waals surface area contributed by atoms with E-state index in [2.05, 4.69) is 9.71 Å². The number of hydrogen-bond acceptors (Lipinski definition) is 3. The molecule has 1 heterocycles. The molecule has 0 aliphatic heterocycles. The lowest BCUT2D eigenvalue weighted by Crippen LogP contribution is -2.34.